The van der Waals surface area contributed by atoms with Crippen molar-refractivity contribution in [2.45, 2.75) is 103 Å². The van der Waals surface area contributed by atoms with Crippen LogP contribution in [-0.4, -0.2) is 61.1 Å². The van der Waals surface area contributed by atoms with Gasteiger partial charge >= 0.3 is 59.1 Å². The first kappa shape index (κ1) is 38.6. The smallest absolute Gasteiger partial charge is 0.726 e. The first-order valence-electron chi connectivity index (χ1n) is 14.2. The summed E-state index contributed by atoms with van der Waals surface area (Å²) in [5.41, 5.74) is 0.570. The van der Waals surface area contributed by atoms with Gasteiger partial charge in [0.15, 0.2) is 0 Å². The average Bonchev–Trinajstić information content (AvgIpc) is 3.14. The monoisotopic (exact) mass is 638 g/mol. The quantitative estimate of drug-likeness (QED) is 0.111. The second-order valence-corrected chi connectivity index (χ2v) is 15.4. The van der Waals surface area contributed by atoms with Crippen molar-refractivity contribution >= 4 is 20.8 Å². The van der Waals surface area contributed by atoms with Gasteiger partial charge in [0.25, 0.3) is 0 Å². The molecule has 14 heteroatoms. The number of hydrogen-bond acceptors (Lipinski definition) is 10. The predicted octanol–water partition coefficient (Wildman–Crippen LogP) is -2.72. The van der Waals surface area contributed by atoms with Gasteiger partial charge in [0.1, 0.15) is 6.10 Å². The van der Waals surface area contributed by atoms with E-state index in [1.54, 1.807) is 0 Å². The van der Waals surface area contributed by atoms with Crippen LogP contribution in [-0.2, 0) is 29.2 Å². The Labute approximate surface area is 290 Å². The number of aliphatic hydroxyl groups is 2. The SMILES string of the molecule is C=C(C)CCC[C@@H](COS(=O)(=O)[O-])[C@H]1CC[C@H]2[C@@H]3CC[C@@H]4[C@H](O)[C@H](OS(=O)(=O)[O-])[C@@H](O)C[C@]4(C)[C@H]3CC[C@]12C.[Na+].[Na+]. The van der Waals surface area contributed by atoms with E-state index in [9.17, 15) is 36.2 Å². The van der Waals surface area contributed by atoms with Crippen LogP contribution in [0, 0.1) is 46.3 Å². The van der Waals surface area contributed by atoms with Gasteiger partial charge in [-0.25, -0.2) is 16.8 Å². The minimum Gasteiger partial charge on any atom is -0.726 e. The van der Waals surface area contributed by atoms with E-state index in [0.29, 0.717) is 18.3 Å². The number of allylic oxidation sites excluding steroid dienone is 1. The molecule has 226 valence electrons. The number of rotatable bonds is 10. The van der Waals surface area contributed by atoms with Crippen LogP contribution in [0.3, 0.4) is 0 Å². The molecular weight excluding hydrogens is 594 g/mol. The van der Waals surface area contributed by atoms with Gasteiger partial charge in [0.2, 0.25) is 20.8 Å². The van der Waals surface area contributed by atoms with Gasteiger partial charge in [-0.2, -0.15) is 0 Å². The van der Waals surface area contributed by atoms with Gasteiger partial charge in [0.05, 0.1) is 18.8 Å². The van der Waals surface area contributed by atoms with Crippen molar-refractivity contribution in [3.05, 3.63) is 12.2 Å². The Morgan fingerprint density at radius 2 is 1.56 bits per heavy atom. The zero-order valence-corrected chi connectivity index (χ0v) is 30.8. The van der Waals surface area contributed by atoms with Crippen LogP contribution in [0.2, 0.25) is 0 Å². The minimum atomic E-state index is -5.07. The molecule has 0 saturated heterocycles. The maximum absolute atomic E-state index is 11.3. The largest absolute Gasteiger partial charge is 1.00 e. The summed E-state index contributed by atoms with van der Waals surface area (Å²) in [6.45, 7) is 10.2. The molecule has 4 saturated carbocycles. The first-order valence-corrected chi connectivity index (χ1v) is 16.9. The topological polar surface area (TPSA) is 173 Å². The summed E-state index contributed by atoms with van der Waals surface area (Å²) in [4.78, 5) is 0. The average molecular weight is 639 g/mol. The van der Waals surface area contributed by atoms with E-state index in [1.165, 1.54) is 0 Å². The van der Waals surface area contributed by atoms with E-state index in [2.05, 4.69) is 24.6 Å². The van der Waals surface area contributed by atoms with Crippen molar-refractivity contribution in [2.24, 2.45) is 46.3 Å². The third-order valence-electron chi connectivity index (χ3n) is 11.2. The Morgan fingerprint density at radius 1 is 0.951 bits per heavy atom. The molecule has 2 N–H and O–H groups in total. The Kier molecular flexibility index (Phi) is 13.6. The molecule has 4 aliphatic carbocycles. The van der Waals surface area contributed by atoms with E-state index in [-0.39, 0.29) is 101 Å². The van der Waals surface area contributed by atoms with Gasteiger partial charge in [-0.1, -0.05) is 19.4 Å². The second-order valence-electron chi connectivity index (χ2n) is 13.3. The van der Waals surface area contributed by atoms with E-state index in [1.807, 2.05) is 6.92 Å². The summed E-state index contributed by atoms with van der Waals surface area (Å²) < 4.78 is 77.1. The second kappa shape index (κ2) is 14.4. The number of aliphatic hydroxyl groups excluding tert-OH is 2. The van der Waals surface area contributed by atoms with E-state index >= 15 is 0 Å². The molecule has 4 rings (SSSR count). The molecule has 0 aliphatic heterocycles. The summed E-state index contributed by atoms with van der Waals surface area (Å²) in [6, 6.07) is 0. The summed E-state index contributed by atoms with van der Waals surface area (Å²) in [5.74, 6) is 0.788. The fourth-order valence-corrected chi connectivity index (χ4v) is 10.5. The first-order chi connectivity index (χ1) is 18.0. The molecule has 0 aromatic rings. The molecule has 0 aromatic carbocycles. The third kappa shape index (κ3) is 8.41. The Morgan fingerprint density at radius 3 is 2.15 bits per heavy atom. The Hall–Kier alpha value is 1.40. The maximum Gasteiger partial charge on any atom is 1.00 e. The Balaban J connectivity index is 0.00000294. The molecule has 4 aliphatic rings. The van der Waals surface area contributed by atoms with Crippen molar-refractivity contribution in [3.63, 3.8) is 0 Å². The fraction of sp³-hybridized carbons (Fsp3) is 0.926. The maximum atomic E-state index is 11.3. The van der Waals surface area contributed by atoms with Crippen LogP contribution >= 0.6 is 0 Å². The van der Waals surface area contributed by atoms with Crippen LogP contribution in [0.4, 0.5) is 0 Å². The molecule has 0 bridgehead atoms. The molecule has 11 atom stereocenters. The Bertz CT molecular complexity index is 1130. The molecule has 41 heavy (non-hydrogen) atoms. The molecule has 0 heterocycles. The number of hydrogen-bond donors (Lipinski definition) is 2. The fourth-order valence-electron chi connectivity index (χ4n) is 9.68. The zero-order valence-electron chi connectivity index (χ0n) is 25.2. The molecule has 0 amide bonds. The van der Waals surface area contributed by atoms with E-state index in [0.717, 1.165) is 56.9 Å². The molecule has 0 spiro atoms. The van der Waals surface area contributed by atoms with Gasteiger partial charge in [-0.15, -0.1) is 6.58 Å². The zero-order chi connectivity index (χ0) is 29.0. The van der Waals surface area contributed by atoms with Gasteiger partial charge < -0.3 is 19.3 Å². The standard InChI is InChI=1S/C27H46O10S2.2Na/c1-16(2)6-5-7-17(15-36-38(30,31)32)19-10-11-20-18-8-9-22-24(29)25(37-39(33,34)35)23(28)14-27(22,4)21(18)12-13-26(19,20)3;;/h17-25,28-29H,1,5-15H2,2-4H3,(H,30,31,32)(H,33,34,35);;/q;2*+1/p-2/t17-,18-,19+,20-,21-,22+,23-,24-,25+,26+,27+;;/m0../s1. The molecule has 0 unspecified atom stereocenters. The summed E-state index contributed by atoms with van der Waals surface area (Å²) in [7, 11) is -9.86. The van der Waals surface area contributed by atoms with Gasteiger partial charge in [-0.05, 0) is 117 Å². The van der Waals surface area contributed by atoms with Crippen LogP contribution in [0.1, 0.15) is 85.0 Å². The molecule has 10 nitrogen and oxygen atoms in total. The summed E-state index contributed by atoms with van der Waals surface area (Å²) in [6.07, 6.45) is 3.87. The predicted molar refractivity (Wildman–Crippen MR) is 140 cm³/mol. The van der Waals surface area contributed by atoms with Gasteiger partial charge in [-0.3, -0.25) is 8.37 Å². The van der Waals surface area contributed by atoms with E-state index in [4.69, 9.17) is 4.18 Å². The normalized spacial score (nSPS) is 41.1. The summed E-state index contributed by atoms with van der Waals surface area (Å²) in [5, 5.41) is 21.9. The minimum absolute atomic E-state index is 0. The third-order valence-corrected chi connectivity index (χ3v) is 12.1. The number of fused-ring (bicyclic) bond motifs is 5. The van der Waals surface area contributed by atoms with Crippen molar-refractivity contribution in [1.82, 2.24) is 0 Å². The molecule has 4 fully saturated rings. The van der Waals surface area contributed by atoms with Crippen molar-refractivity contribution < 1.29 is 104 Å². The summed E-state index contributed by atoms with van der Waals surface area (Å²) >= 11 is 0. The van der Waals surface area contributed by atoms with Gasteiger partial charge in [0, 0.05) is 0 Å². The molecule has 0 aromatic heterocycles. The van der Waals surface area contributed by atoms with Crippen LogP contribution in [0.5, 0.6) is 0 Å². The molecule has 0 radical (unpaired) electrons. The van der Waals surface area contributed by atoms with Crippen molar-refractivity contribution in [2.75, 3.05) is 6.61 Å². The van der Waals surface area contributed by atoms with Crippen LogP contribution in [0.15, 0.2) is 12.2 Å². The molecular formula is C27H44Na2O10S2. The van der Waals surface area contributed by atoms with Crippen LogP contribution in [0.25, 0.3) is 0 Å². The van der Waals surface area contributed by atoms with Crippen molar-refractivity contribution in [1.29, 1.82) is 0 Å². The van der Waals surface area contributed by atoms with E-state index < -0.39 is 44.5 Å². The van der Waals surface area contributed by atoms with Crippen molar-refractivity contribution in [3.8, 4) is 0 Å². The van der Waals surface area contributed by atoms with Crippen LogP contribution < -0.4 is 59.1 Å².